The quantitative estimate of drug-likeness (QED) is 0.719. The van der Waals surface area contributed by atoms with Crippen LogP contribution in [-0.2, 0) is 0 Å². The van der Waals surface area contributed by atoms with E-state index < -0.39 is 0 Å². The summed E-state index contributed by atoms with van der Waals surface area (Å²) in [5.74, 6) is -0.0915. The molecule has 5 nitrogen and oxygen atoms in total. The summed E-state index contributed by atoms with van der Waals surface area (Å²) >= 11 is 11.9. The van der Waals surface area contributed by atoms with E-state index in [1.165, 1.54) is 0 Å². The highest BCUT2D eigenvalue weighted by Gasteiger charge is 2.15. The Morgan fingerprint density at radius 2 is 1.75 bits per heavy atom. The first-order chi connectivity index (χ1) is 11.4. The molecule has 0 aliphatic heterocycles. The van der Waals surface area contributed by atoms with Crippen LogP contribution in [0.2, 0.25) is 10.0 Å². The Bertz CT molecular complexity index is 902. The van der Waals surface area contributed by atoms with Gasteiger partial charge in [0.2, 0.25) is 5.89 Å². The van der Waals surface area contributed by atoms with Gasteiger partial charge in [0.1, 0.15) is 0 Å². The van der Waals surface area contributed by atoms with E-state index in [0.717, 1.165) is 11.1 Å². The zero-order valence-electron chi connectivity index (χ0n) is 12.9. The fraction of sp³-hybridized carbons (Fsp3) is 0.118. The van der Waals surface area contributed by atoms with Crippen LogP contribution in [0.1, 0.15) is 21.5 Å². The second kappa shape index (κ2) is 6.63. The maximum Gasteiger partial charge on any atom is 0.322 e. The van der Waals surface area contributed by atoms with Gasteiger partial charge in [-0.1, -0.05) is 46.0 Å². The number of hydrogen-bond acceptors (Lipinski definition) is 4. The molecule has 0 radical (unpaired) electrons. The first-order valence-corrected chi connectivity index (χ1v) is 7.86. The molecule has 24 heavy (non-hydrogen) atoms. The van der Waals surface area contributed by atoms with Crippen LogP contribution in [0.3, 0.4) is 0 Å². The lowest BCUT2D eigenvalue weighted by Gasteiger charge is -2.05. The maximum absolute atomic E-state index is 12.4. The van der Waals surface area contributed by atoms with Gasteiger partial charge in [0.15, 0.2) is 0 Å². The van der Waals surface area contributed by atoms with Crippen molar-refractivity contribution >= 4 is 35.1 Å². The molecule has 0 aliphatic rings. The molecule has 1 heterocycles. The van der Waals surface area contributed by atoms with Crippen molar-refractivity contribution in [1.29, 1.82) is 0 Å². The summed E-state index contributed by atoms with van der Waals surface area (Å²) < 4.78 is 5.47. The maximum atomic E-state index is 12.4. The number of benzene rings is 2. The van der Waals surface area contributed by atoms with Gasteiger partial charge in [0, 0.05) is 21.2 Å². The van der Waals surface area contributed by atoms with Crippen LogP contribution in [0.25, 0.3) is 11.5 Å². The molecule has 0 fully saturated rings. The number of rotatable bonds is 3. The van der Waals surface area contributed by atoms with Crippen molar-refractivity contribution in [3.8, 4) is 11.5 Å². The molecule has 0 atom stereocenters. The average molecular weight is 362 g/mol. The Balaban J connectivity index is 1.83. The highest BCUT2D eigenvalue weighted by Crippen LogP contribution is 2.27. The van der Waals surface area contributed by atoms with Crippen LogP contribution < -0.4 is 5.32 Å². The fourth-order valence-electron chi connectivity index (χ4n) is 2.21. The zero-order chi connectivity index (χ0) is 17.3. The van der Waals surface area contributed by atoms with E-state index in [0.29, 0.717) is 21.2 Å². The molecule has 0 saturated heterocycles. The average Bonchev–Trinajstić information content (AvgIpc) is 2.97. The van der Waals surface area contributed by atoms with Gasteiger partial charge in [-0.05, 0) is 43.7 Å². The number of aryl methyl sites for hydroxylation is 2. The summed E-state index contributed by atoms with van der Waals surface area (Å²) in [6.45, 7) is 3.78. The standard InChI is InChI=1S/C17H13Cl2N3O2/c1-9-3-4-10(2)14(5-9)15(23)20-17-22-21-16(24-17)11-6-12(18)8-13(19)7-11/h3-8H,1-2H3,(H,20,22,23). The van der Waals surface area contributed by atoms with Gasteiger partial charge < -0.3 is 4.42 Å². The molecule has 0 bridgehead atoms. The summed E-state index contributed by atoms with van der Waals surface area (Å²) in [7, 11) is 0. The number of amides is 1. The monoisotopic (exact) mass is 361 g/mol. The Kier molecular flexibility index (Phi) is 4.55. The first kappa shape index (κ1) is 16.5. The van der Waals surface area contributed by atoms with Crippen molar-refractivity contribution in [2.75, 3.05) is 5.32 Å². The van der Waals surface area contributed by atoms with Gasteiger partial charge in [-0.2, -0.15) is 0 Å². The number of halogens is 2. The van der Waals surface area contributed by atoms with E-state index in [9.17, 15) is 4.79 Å². The molecule has 1 N–H and O–H groups in total. The number of carbonyl (C=O) groups excluding carboxylic acids is 1. The van der Waals surface area contributed by atoms with Crippen molar-refractivity contribution in [2.45, 2.75) is 13.8 Å². The molecule has 3 rings (SSSR count). The molecular formula is C17H13Cl2N3O2. The van der Waals surface area contributed by atoms with E-state index >= 15 is 0 Å². The van der Waals surface area contributed by atoms with Gasteiger partial charge in [0.05, 0.1) is 0 Å². The second-order valence-electron chi connectivity index (χ2n) is 5.34. The van der Waals surface area contributed by atoms with Gasteiger partial charge in [-0.15, -0.1) is 5.10 Å². The van der Waals surface area contributed by atoms with Gasteiger partial charge in [-0.3, -0.25) is 10.1 Å². The Morgan fingerprint density at radius 1 is 1.04 bits per heavy atom. The number of nitrogens with zero attached hydrogens (tertiary/aromatic N) is 2. The molecule has 7 heteroatoms. The summed E-state index contributed by atoms with van der Waals surface area (Å²) in [6, 6.07) is 10.5. The zero-order valence-corrected chi connectivity index (χ0v) is 14.4. The van der Waals surface area contributed by atoms with Crippen molar-refractivity contribution in [3.63, 3.8) is 0 Å². The lowest BCUT2D eigenvalue weighted by molar-refractivity contribution is 0.102. The third kappa shape index (κ3) is 3.58. The SMILES string of the molecule is Cc1ccc(C)c(C(=O)Nc2nnc(-c3cc(Cl)cc(Cl)c3)o2)c1. The predicted molar refractivity (Wildman–Crippen MR) is 93.6 cm³/mol. The van der Waals surface area contributed by atoms with E-state index in [1.807, 2.05) is 26.0 Å². The van der Waals surface area contributed by atoms with Crippen LogP contribution in [0, 0.1) is 13.8 Å². The molecule has 1 amide bonds. The van der Waals surface area contributed by atoms with Crippen LogP contribution in [0.15, 0.2) is 40.8 Å². The Labute approximate surface area is 148 Å². The number of hydrogen-bond donors (Lipinski definition) is 1. The number of aromatic nitrogens is 2. The summed E-state index contributed by atoms with van der Waals surface area (Å²) in [6.07, 6.45) is 0. The summed E-state index contributed by atoms with van der Waals surface area (Å²) in [5.41, 5.74) is 2.98. The van der Waals surface area contributed by atoms with Crippen molar-refractivity contribution < 1.29 is 9.21 Å². The smallest absolute Gasteiger partial charge is 0.322 e. The van der Waals surface area contributed by atoms with Crippen LogP contribution in [0.5, 0.6) is 0 Å². The molecule has 0 spiro atoms. The normalized spacial score (nSPS) is 10.7. The summed E-state index contributed by atoms with van der Waals surface area (Å²) in [4.78, 5) is 12.4. The molecule has 1 aromatic heterocycles. The third-order valence-electron chi connectivity index (χ3n) is 3.39. The van der Waals surface area contributed by atoms with E-state index in [-0.39, 0.29) is 17.8 Å². The van der Waals surface area contributed by atoms with Gasteiger partial charge in [0.25, 0.3) is 5.91 Å². The minimum atomic E-state index is -0.310. The first-order valence-electron chi connectivity index (χ1n) is 7.11. The molecule has 3 aromatic rings. The van der Waals surface area contributed by atoms with Crippen LogP contribution >= 0.6 is 23.2 Å². The Morgan fingerprint density at radius 3 is 2.46 bits per heavy atom. The predicted octanol–water partition coefficient (Wildman–Crippen LogP) is 4.91. The van der Waals surface area contributed by atoms with Crippen molar-refractivity contribution in [1.82, 2.24) is 10.2 Å². The second-order valence-corrected chi connectivity index (χ2v) is 6.22. The lowest BCUT2D eigenvalue weighted by Crippen LogP contribution is -2.13. The molecule has 0 aliphatic carbocycles. The third-order valence-corrected chi connectivity index (χ3v) is 3.83. The summed E-state index contributed by atoms with van der Waals surface area (Å²) in [5, 5.41) is 11.3. The Hall–Kier alpha value is -2.37. The fourth-order valence-corrected chi connectivity index (χ4v) is 2.74. The molecule has 0 saturated carbocycles. The minimum Gasteiger partial charge on any atom is -0.403 e. The van der Waals surface area contributed by atoms with E-state index in [2.05, 4.69) is 15.5 Å². The van der Waals surface area contributed by atoms with Crippen molar-refractivity contribution in [2.24, 2.45) is 0 Å². The van der Waals surface area contributed by atoms with E-state index in [4.69, 9.17) is 27.6 Å². The van der Waals surface area contributed by atoms with Crippen molar-refractivity contribution in [3.05, 3.63) is 63.1 Å². The van der Waals surface area contributed by atoms with Crippen LogP contribution in [0.4, 0.5) is 6.01 Å². The molecule has 2 aromatic carbocycles. The van der Waals surface area contributed by atoms with Gasteiger partial charge >= 0.3 is 6.01 Å². The lowest BCUT2D eigenvalue weighted by atomic mass is 10.1. The highest BCUT2D eigenvalue weighted by molar-refractivity contribution is 6.35. The highest BCUT2D eigenvalue weighted by atomic mass is 35.5. The number of anilines is 1. The number of nitrogens with one attached hydrogen (secondary N) is 1. The number of carbonyl (C=O) groups is 1. The topological polar surface area (TPSA) is 68.0 Å². The molecule has 0 unspecified atom stereocenters. The minimum absolute atomic E-state index is 0.00649. The molecule has 122 valence electrons. The van der Waals surface area contributed by atoms with Gasteiger partial charge in [-0.25, -0.2) is 0 Å². The van der Waals surface area contributed by atoms with E-state index in [1.54, 1.807) is 24.3 Å². The van der Waals surface area contributed by atoms with Crippen LogP contribution in [-0.4, -0.2) is 16.1 Å². The largest absolute Gasteiger partial charge is 0.403 e. The molecular weight excluding hydrogens is 349 g/mol.